The van der Waals surface area contributed by atoms with Gasteiger partial charge in [-0.3, -0.25) is 0 Å². The van der Waals surface area contributed by atoms with Crippen LogP contribution in [-0.4, -0.2) is 57.7 Å². The van der Waals surface area contributed by atoms with Crippen molar-refractivity contribution in [2.24, 2.45) is 5.16 Å². The van der Waals surface area contributed by atoms with Crippen molar-refractivity contribution in [3.63, 3.8) is 0 Å². The summed E-state index contributed by atoms with van der Waals surface area (Å²) < 4.78 is 6.14. The Bertz CT molecular complexity index is 162. The summed E-state index contributed by atoms with van der Waals surface area (Å²) in [7, 11) is 6.36. The highest BCUT2D eigenvalue weighted by Crippen LogP contribution is 1.89. The fraction of sp³-hybridized carbons (Fsp3) is 0.900. The van der Waals surface area contributed by atoms with Crippen molar-refractivity contribution in [3.8, 4) is 0 Å². The summed E-state index contributed by atoms with van der Waals surface area (Å²) in [5.74, 6) is 0. The lowest BCUT2D eigenvalue weighted by Gasteiger charge is -2.22. The second kappa shape index (κ2) is 6.79. The van der Waals surface area contributed by atoms with E-state index in [0.29, 0.717) is 13.2 Å². The van der Waals surface area contributed by atoms with Gasteiger partial charge in [0.2, 0.25) is 0 Å². The molecule has 0 saturated carbocycles. The van der Waals surface area contributed by atoms with Crippen LogP contribution in [0.1, 0.15) is 13.8 Å². The van der Waals surface area contributed by atoms with Crippen molar-refractivity contribution in [1.29, 1.82) is 0 Å². The maximum atomic E-state index is 5.26. The highest BCUT2D eigenvalue weighted by molar-refractivity contribution is 5.57. The number of likely N-dealkylation sites (N-methyl/N-ethyl adjacent to an activating group) is 1. The molecular weight excluding hydrogens is 180 g/mol. The molecule has 84 valence electrons. The van der Waals surface area contributed by atoms with Gasteiger partial charge in [-0.1, -0.05) is 5.16 Å². The minimum absolute atomic E-state index is 0.243. The molecule has 0 aromatic heterocycles. The van der Waals surface area contributed by atoms with Crippen molar-refractivity contribution >= 4 is 6.21 Å². The molecule has 0 radical (unpaired) electrons. The summed E-state index contributed by atoms with van der Waals surface area (Å²) in [5.41, 5.74) is 0. The predicted octanol–water partition coefficient (Wildman–Crippen LogP) is 1.12. The van der Waals surface area contributed by atoms with Crippen LogP contribution < -0.4 is 0 Å². The quantitative estimate of drug-likeness (QED) is 0.269. The van der Waals surface area contributed by atoms with E-state index in [9.17, 15) is 0 Å². The van der Waals surface area contributed by atoms with Crippen LogP contribution in [0.3, 0.4) is 0 Å². The van der Waals surface area contributed by atoms with Gasteiger partial charge in [-0.05, 0) is 13.8 Å². The topological polar surface area (TPSA) is 30.8 Å². The first kappa shape index (κ1) is 13.4. The fourth-order valence-electron chi connectivity index (χ4n) is 0.686. The van der Waals surface area contributed by atoms with E-state index in [1.54, 1.807) is 6.21 Å². The zero-order valence-corrected chi connectivity index (χ0v) is 9.99. The highest BCUT2D eigenvalue weighted by Gasteiger charge is 2.05. The summed E-state index contributed by atoms with van der Waals surface area (Å²) in [6.07, 6.45) is 1.89. The molecule has 0 aliphatic rings. The SMILES string of the molecule is CC(C)OC/C=N/OCC[N+](C)(C)C. The summed E-state index contributed by atoms with van der Waals surface area (Å²) in [6.45, 7) is 6.09. The van der Waals surface area contributed by atoms with Gasteiger partial charge in [0.1, 0.15) is 6.54 Å². The van der Waals surface area contributed by atoms with E-state index in [1.807, 2.05) is 13.8 Å². The van der Waals surface area contributed by atoms with Gasteiger partial charge in [0, 0.05) is 0 Å². The molecule has 0 saturated heterocycles. The molecule has 0 rings (SSSR count). The molecule has 0 spiro atoms. The standard InChI is InChI=1S/C10H23N2O2/c1-10(2)13-8-6-11-14-9-7-12(3,4)5/h6,10H,7-9H2,1-5H3/q+1/b11-6+. The number of ether oxygens (including phenoxy) is 1. The molecule has 4 nitrogen and oxygen atoms in total. The van der Waals surface area contributed by atoms with Crippen LogP contribution in [0.15, 0.2) is 5.16 Å². The third kappa shape index (κ3) is 11.4. The number of hydrogen-bond acceptors (Lipinski definition) is 3. The third-order valence-electron chi connectivity index (χ3n) is 1.51. The third-order valence-corrected chi connectivity index (χ3v) is 1.51. The van der Waals surface area contributed by atoms with E-state index in [2.05, 4.69) is 26.3 Å². The molecule has 0 amide bonds. The first-order chi connectivity index (χ1) is 6.42. The number of nitrogens with zero attached hydrogens (tertiary/aromatic N) is 2. The second-order valence-electron chi connectivity index (χ2n) is 4.52. The van der Waals surface area contributed by atoms with Crippen LogP contribution in [0.4, 0.5) is 0 Å². The van der Waals surface area contributed by atoms with Crippen molar-refractivity contribution < 1.29 is 14.1 Å². The average molecular weight is 203 g/mol. The molecule has 14 heavy (non-hydrogen) atoms. The monoisotopic (exact) mass is 203 g/mol. The lowest BCUT2D eigenvalue weighted by molar-refractivity contribution is -0.870. The Kier molecular flexibility index (Phi) is 6.49. The van der Waals surface area contributed by atoms with E-state index < -0.39 is 0 Å². The fourth-order valence-corrected chi connectivity index (χ4v) is 0.686. The van der Waals surface area contributed by atoms with Crippen LogP contribution in [-0.2, 0) is 9.57 Å². The minimum atomic E-state index is 0.243. The number of quaternary nitrogens is 1. The van der Waals surface area contributed by atoms with Crippen LogP contribution in [0.2, 0.25) is 0 Å². The number of rotatable bonds is 7. The van der Waals surface area contributed by atoms with Crippen LogP contribution in [0, 0.1) is 0 Å². The van der Waals surface area contributed by atoms with E-state index in [4.69, 9.17) is 9.57 Å². The Balaban J connectivity index is 3.28. The van der Waals surface area contributed by atoms with E-state index >= 15 is 0 Å². The number of oxime groups is 1. The Hall–Kier alpha value is -0.610. The molecule has 0 aliphatic heterocycles. The van der Waals surface area contributed by atoms with Gasteiger partial charge in [0.15, 0.2) is 6.61 Å². The molecule has 0 aliphatic carbocycles. The van der Waals surface area contributed by atoms with Gasteiger partial charge in [-0.25, -0.2) is 0 Å². The summed E-state index contributed by atoms with van der Waals surface area (Å²) >= 11 is 0. The second-order valence-corrected chi connectivity index (χ2v) is 4.52. The zero-order chi connectivity index (χ0) is 11.0. The molecule has 4 heteroatoms. The van der Waals surface area contributed by atoms with Crippen LogP contribution in [0.5, 0.6) is 0 Å². The Morgan fingerprint density at radius 2 is 1.93 bits per heavy atom. The molecule has 0 unspecified atom stereocenters. The van der Waals surface area contributed by atoms with Gasteiger partial charge in [-0.2, -0.15) is 0 Å². The Morgan fingerprint density at radius 1 is 1.29 bits per heavy atom. The Morgan fingerprint density at radius 3 is 2.43 bits per heavy atom. The van der Waals surface area contributed by atoms with Gasteiger partial charge in [-0.15, -0.1) is 0 Å². The van der Waals surface area contributed by atoms with Gasteiger partial charge >= 0.3 is 0 Å². The van der Waals surface area contributed by atoms with Crippen LogP contribution in [0.25, 0.3) is 0 Å². The zero-order valence-electron chi connectivity index (χ0n) is 9.99. The highest BCUT2D eigenvalue weighted by atomic mass is 16.6. The summed E-state index contributed by atoms with van der Waals surface area (Å²) in [4.78, 5) is 5.07. The molecule has 0 aromatic rings. The lowest BCUT2D eigenvalue weighted by atomic mass is 10.5. The normalized spacial score (nSPS) is 12.7. The molecule has 0 aromatic carbocycles. The largest absolute Gasteiger partial charge is 0.390 e. The molecule has 0 bridgehead atoms. The van der Waals surface area contributed by atoms with E-state index in [-0.39, 0.29) is 6.10 Å². The van der Waals surface area contributed by atoms with E-state index in [0.717, 1.165) is 11.0 Å². The maximum absolute atomic E-state index is 5.26. The van der Waals surface area contributed by atoms with E-state index in [1.165, 1.54) is 0 Å². The van der Waals surface area contributed by atoms with Gasteiger partial charge in [0.25, 0.3) is 0 Å². The van der Waals surface area contributed by atoms with Crippen LogP contribution >= 0.6 is 0 Å². The molecule has 0 N–H and O–H groups in total. The number of hydrogen-bond donors (Lipinski definition) is 0. The summed E-state index contributed by atoms with van der Waals surface area (Å²) in [6, 6.07) is 0. The first-order valence-electron chi connectivity index (χ1n) is 4.97. The van der Waals surface area contributed by atoms with Crippen molar-refractivity contribution in [3.05, 3.63) is 0 Å². The molecular formula is C10H23N2O2+. The van der Waals surface area contributed by atoms with Crippen molar-refractivity contribution in [2.45, 2.75) is 20.0 Å². The first-order valence-corrected chi connectivity index (χ1v) is 4.97. The van der Waals surface area contributed by atoms with Crippen molar-refractivity contribution in [2.75, 3.05) is 40.9 Å². The molecule has 0 atom stereocenters. The maximum Gasteiger partial charge on any atom is 0.165 e. The summed E-state index contributed by atoms with van der Waals surface area (Å²) in [5, 5.41) is 3.79. The average Bonchev–Trinajstić information content (AvgIpc) is 2.00. The smallest absolute Gasteiger partial charge is 0.165 e. The molecule has 0 fully saturated rings. The molecule has 0 heterocycles. The van der Waals surface area contributed by atoms with Gasteiger partial charge < -0.3 is 14.1 Å². The lowest BCUT2D eigenvalue weighted by Crippen LogP contribution is -2.37. The predicted molar refractivity (Wildman–Crippen MR) is 58.4 cm³/mol. The minimum Gasteiger partial charge on any atom is -0.390 e. The van der Waals surface area contributed by atoms with Crippen molar-refractivity contribution in [1.82, 2.24) is 0 Å². The van der Waals surface area contributed by atoms with Gasteiger partial charge in [0.05, 0.1) is 40.1 Å². The Labute approximate surface area is 87.1 Å².